The third-order valence-electron chi connectivity index (χ3n) is 5.73. The maximum atomic E-state index is 12.2. The number of hydrogen-bond acceptors (Lipinski definition) is 6. The average Bonchev–Trinajstić information content (AvgIpc) is 3.36. The fourth-order valence-corrected chi connectivity index (χ4v) is 4.31. The molecule has 136 valence electrons. The smallest absolute Gasteiger partial charge is 0.360 e. The van der Waals surface area contributed by atoms with E-state index in [9.17, 15) is 9.59 Å². The zero-order chi connectivity index (χ0) is 17.4. The van der Waals surface area contributed by atoms with Gasteiger partial charge in [-0.1, -0.05) is 0 Å². The summed E-state index contributed by atoms with van der Waals surface area (Å²) in [5.41, 5.74) is 0.416. The van der Waals surface area contributed by atoms with E-state index in [-0.39, 0.29) is 11.1 Å². The molecule has 1 amide bonds. The zero-order valence-electron chi connectivity index (χ0n) is 14.7. The zero-order valence-corrected chi connectivity index (χ0v) is 14.7. The van der Waals surface area contributed by atoms with Crippen LogP contribution in [0.3, 0.4) is 0 Å². The second-order valence-corrected chi connectivity index (χ2v) is 7.69. The maximum absolute atomic E-state index is 12.2. The van der Waals surface area contributed by atoms with Crippen molar-refractivity contribution in [2.24, 2.45) is 5.41 Å². The van der Waals surface area contributed by atoms with Gasteiger partial charge in [-0.15, -0.1) is 0 Å². The summed E-state index contributed by atoms with van der Waals surface area (Å²) in [6.07, 6.45) is 7.64. The van der Waals surface area contributed by atoms with Gasteiger partial charge >= 0.3 is 5.97 Å². The van der Waals surface area contributed by atoms with Gasteiger partial charge in [0.05, 0.1) is 13.7 Å². The molecule has 0 bridgehead atoms. The Hall–Kier alpha value is -1.89. The normalized spacial score (nSPS) is 27.7. The molecule has 7 nitrogen and oxygen atoms in total. The summed E-state index contributed by atoms with van der Waals surface area (Å²) >= 11 is 0. The summed E-state index contributed by atoms with van der Waals surface area (Å²) in [7, 11) is 1.33. The lowest BCUT2D eigenvalue weighted by atomic mass is 9.73. The topological polar surface area (TPSA) is 75.9 Å². The Morgan fingerprint density at radius 2 is 2.24 bits per heavy atom. The molecular formula is C18H25N3O4. The molecule has 1 spiro atoms. The first-order valence-corrected chi connectivity index (χ1v) is 9.13. The monoisotopic (exact) mass is 347 g/mol. The number of methoxy groups -OCH3 is 1. The highest BCUT2D eigenvalue weighted by atomic mass is 16.5. The highest BCUT2D eigenvalue weighted by Gasteiger charge is 2.45. The van der Waals surface area contributed by atoms with Crippen LogP contribution in [0.15, 0.2) is 10.7 Å². The van der Waals surface area contributed by atoms with Crippen LogP contribution < -0.4 is 0 Å². The van der Waals surface area contributed by atoms with Crippen molar-refractivity contribution in [3.63, 3.8) is 0 Å². The van der Waals surface area contributed by atoms with Crippen LogP contribution in [0.4, 0.5) is 0 Å². The van der Waals surface area contributed by atoms with E-state index < -0.39 is 5.97 Å². The fraction of sp³-hybridized carbons (Fsp3) is 0.722. The Labute approximate surface area is 147 Å². The van der Waals surface area contributed by atoms with E-state index in [0.29, 0.717) is 30.8 Å². The SMILES string of the molecule is COC(=O)c1coc(CN2CCCC3(CCC(=O)N(C4CC4)C3)C2)n1. The number of oxazole rings is 1. The molecular weight excluding hydrogens is 322 g/mol. The van der Waals surface area contributed by atoms with Gasteiger partial charge in [0.15, 0.2) is 5.69 Å². The molecule has 7 heteroatoms. The standard InChI is InChI=1S/C18H25N3O4/c1-24-17(23)14-10-25-15(19-14)9-20-8-2-6-18(11-20)7-5-16(22)21(12-18)13-3-4-13/h10,13H,2-9,11-12H2,1H3. The van der Waals surface area contributed by atoms with Crippen molar-refractivity contribution >= 4 is 11.9 Å². The molecule has 1 aliphatic carbocycles. The number of piperidine rings is 2. The minimum Gasteiger partial charge on any atom is -0.464 e. The molecule has 1 saturated carbocycles. The number of aromatic nitrogens is 1. The predicted molar refractivity (Wildman–Crippen MR) is 88.8 cm³/mol. The quantitative estimate of drug-likeness (QED) is 0.774. The molecule has 2 saturated heterocycles. The van der Waals surface area contributed by atoms with Gasteiger partial charge in [-0.2, -0.15) is 0 Å². The van der Waals surface area contributed by atoms with Gasteiger partial charge in [-0.3, -0.25) is 9.69 Å². The Kier molecular flexibility index (Phi) is 4.27. The number of ether oxygens (including phenoxy) is 1. The second kappa shape index (κ2) is 6.44. The van der Waals surface area contributed by atoms with Crippen molar-refractivity contribution in [1.82, 2.24) is 14.8 Å². The van der Waals surface area contributed by atoms with Gasteiger partial charge in [-0.25, -0.2) is 9.78 Å². The lowest BCUT2D eigenvalue weighted by Crippen LogP contribution is -2.54. The van der Waals surface area contributed by atoms with Crippen molar-refractivity contribution in [2.45, 2.75) is 51.1 Å². The fourth-order valence-electron chi connectivity index (χ4n) is 4.31. The van der Waals surface area contributed by atoms with Gasteiger partial charge in [0.25, 0.3) is 0 Å². The van der Waals surface area contributed by atoms with Crippen molar-refractivity contribution < 1.29 is 18.7 Å². The van der Waals surface area contributed by atoms with E-state index in [1.807, 2.05) is 0 Å². The van der Waals surface area contributed by atoms with Crippen LogP contribution in [0.25, 0.3) is 0 Å². The number of esters is 1. The first kappa shape index (κ1) is 16.6. The third-order valence-corrected chi connectivity index (χ3v) is 5.73. The molecule has 25 heavy (non-hydrogen) atoms. The molecule has 3 fully saturated rings. The van der Waals surface area contributed by atoms with E-state index in [0.717, 1.165) is 45.3 Å². The van der Waals surface area contributed by atoms with Crippen LogP contribution >= 0.6 is 0 Å². The molecule has 0 aromatic carbocycles. The summed E-state index contributed by atoms with van der Waals surface area (Å²) < 4.78 is 10.1. The molecule has 1 aromatic heterocycles. The van der Waals surface area contributed by atoms with Gasteiger partial charge in [0, 0.05) is 31.0 Å². The first-order valence-electron chi connectivity index (χ1n) is 9.13. The number of hydrogen-bond donors (Lipinski definition) is 0. The molecule has 2 aliphatic heterocycles. The second-order valence-electron chi connectivity index (χ2n) is 7.69. The van der Waals surface area contributed by atoms with E-state index in [4.69, 9.17) is 4.42 Å². The molecule has 1 unspecified atom stereocenters. The first-order chi connectivity index (χ1) is 12.1. The minimum absolute atomic E-state index is 0.201. The van der Waals surface area contributed by atoms with Crippen molar-refractivity contribution in [2.75, 3.05) is 26.7 Å². The third kappa shape index (κ3) is 3.42. The van der Waals surface area contributed by atoms with E-state index >= 15 is 0 Å². The van der Waals surface area contributed by atoms with Gasteiger partial charge < -0.3 is 14.1 Å². The van der Waals surface area contributed by atoms with E-state index in [1.165, 1.54) is 19.8 Å². The molecule has 0 radical (unpaired) electrons. The predicted octanol–water partition coefficient (Wildman–Crippen LogP) is 1.83. The largest absolute Gasteiger partial charge is 0.464 e. The molecule has 4 rings (SSSR count). The Balaban J connectivity index is 1.41. The lowest BCUT2D eigenvalue weighted by Gasteiger charge is -2.48. The number of rotatable bonds is 4. The van der Waals surface area contributed by atoms with Crippen molar-refractivity contribution in [1.29, 1.82) is 0 Å². The van der Waals surface area contributed by atoms with Crippen LogP contribution in [0.2, 0.25) is 0 Å². The van der Waals surface area contributed by atoms with Crippen molar-refractivity contribution in [3.8, 4) is 0 Å². The Bertz CT molecular complexity index is 669. The summed E-state index contributed by atoms with van der Waals surface area (Å²) in [5, 5.41) is 0. The molecule has 3 heterocycles. The lowest BCUT2D eigenvalue weighted by molar-refractivity contribution is -0.140. The molecule has 1 atom stereocenters. The van der Waals surface area contributed by atoms with E-state index in [2.05, 4.69) is 19.5 Å². The summed E-state index contributed by atoms with van der Waals surface area (Å²) in [6.45, 7) is 3.44. The Morgan fingerprint density at radius 1 is 1.40 bits per heavy atom. The highest BCUT2D eigenvalue weighted by molar-refractivity contribution is 5.86. The van der Waals surface area contributed by atoms with Crippen LogP contribution in [0.5, 0.6) is 0 Å². The maximum Gasteiger partial charge on any atom is 0.360 e. The summed E-state index contributed by atoms with van der Waals surface area (Å²) in [6, 6.07) is 0.495. The number of likely N-dealkylation sites (tertiary alicyclic amines) is 2. The van der Waals surface area contributed by atoms with Gasteiger partial charge in [0.1, 0.15) is 6.26 Å². The number of amides is 1. The van der Waals surface area contributed by atoms with Gasteiger partial charge in [0.2, 0.25) is 11.8 Å². The number of nitrogens with zero attached hydrogens (tertiary/aromatic N) is 3. The van der Waals surface area contributed by atoms with Gasteiger partial charge in [-0.05, 0) is 38.6 Å². The number of carbonyl (C=O) groups is 2. The molecule has 1 aromatic rings. The van der Waals surface area contributed by atoms with Crippen LogP contribution in [0, 0.1) is 5.41 Å². The molecule has 3 aliphatic rings. The molecule has 0 N–H and O–H groups in total. The number of carbonyl (C=O) groups excluding carboxylic acids is 2. The van der Waals surface area contributed by atoms with Crippen LogP contribution in [0.1, 0.15) is 54.9 Å². The summed E-state index contributed by atoms with van der Waals surface area (Å²) in [4.78, 5) is 32.4. The van der Waals surface area contributed by atoms with Crippen LogP contribution in [-0.4, -0.2) is 59.4 Å². The highest BCUT2D eigenvalue weighted by Crippen LogP contribution is 2.42. The van der Waals surface area contributed by atoms with Crippen LogP contribution in [-0.2, 0) is 16.1 Å². The average molecular weight is 347 g/mol. The summed E-state index contributed by atoms with van der Waals surface area (Å²) in [5.74, 6) is 0.403. The minimum atomic E-state index is -0.476. The van der Waals surface area contributed by atoms with Crippen molar-refractivity contribution in [3.05, 3.63) is 17.8 Å². The Morgan fingerprint density at radius 3 is 3.00 bits per heavy atom. The van der Waals surface area contributed by atoms with E-state index in [1.54, 1.807) is 0 Å².